The minimum atomic E-state index is -5.08. The van der Waals surface area contributed by atoms with Gasteiger partial charge in [-0.1, -0.05) is 47.5 Å². The first-order valence-corrected chi connectivity index (χ1v) is 13.5. The van der Waals surface area contributed by atoms with Gasteiger partial charge in [0.15, 0.2) is 0 Å². The van der Waals surface area contributed by atoms with Crippen LogP contribution in [0.5, 0.6) is 0 Å². The number of hydrogen-bond donors (Lipinski definition) is 2. The van der Waals surface area contributed by atoms with Crippen molar-refractivity contribution in [1.82, 2.24) is 14.5 Å². The second-order valence-electron chi connectivity index (χ2n) is 9.24. The summed E-state index contributed by atoms with van der Waals surface area (Å²) in [5.74, 6) is -2.75. The lowest BCUT2D eigenvalue weighted by Crippen LogP contribution is -2.47. The second-order valence-corrected chi connectivity index (χ2v) is 11.1. The quantitative estimate of drug-likeness (QED) is 0.539. The highest BCUT2D eigenvalue weighted by atomic mass is 32.2. The molecular weight excluding hydrogens is 523 g/mol. The molecule has 2 aromatic carbocycles. The zero-order chi connectivity index (χ0) is 28.7. The first kappa shape index (κ1) is 31.3. The van der Waals surface area contributed by atoms with Crippen molar-refractivity contribution in [2.75, 3.05) is 32.7 Å². The minimum Gasteiger partial charge on any atom is -0.475 e. The molecule has 0 aromatic heterocycles. The number of carboxylic acid groups (broad SMARTS) is 1. The molecule has 3 rings (SSSR count). The second kappa shape index (κ2) is 13.2. The average molecular weight is 558 g/mol. The molecule has 1 aliphatic rings. The van der Waals surface area contributed by atoms with Crippen molar-refractivity contribution in [2.24, 2.45) is 0 Å². The maximum Gasteiger partial charge on any atom is 0.490 e. The van der Waals surface area contributed by atoms with E-state index in [1.807, 2.05) is 69.0 Å². The zero-order valence-electron chi connectivity index (χ0n) is 21.9. The maximum absolute atomic E-state index is 13.7. The lowest BCUT2D eigenvalue weighted by atomic mass is 10.1. The van der Waals surface area contributed by atoms with Gasteiger partial charge in [0.1, 0.15) is 0 Å². The molecule has 0 spiro atoms. The Labute approximate surface area is 221 Å². The number of hydrogen-bond acceptors (Lipinski definition) is 5. The Balaban J connectivity index is 0.000000638. The molecule has 38 heavy (non-hydrogen) atoms. The Bertz CT molecular complexity index is 1200. The Morgan fingerprint density at radius 3 is 1.95 bits per heavy atom. The van der Waals surface area contributed by atoms with E-state index in [0.29, 0.717) is 18.0 Å². The number of carbonyl (C=O) groups is 2. The van der Waals surface area contributed by atoms with Crippen molar-refractivity contribution >= 4 is 21.9 Å². The smallest absolute Gasteiger partial charge is 0.475 e. The Kier molecular flexibility index (Phi) is 10.9. The highest BCUT2D eigenvalue weighted by Gasteiger charge is 2.38. The van der Waals surface area contributed by atoms with E-state index in [2.05, 4.69) is 5.32 Å². The van der Waals surface area contributed by atoms with E-state index in [0.717, 1.165) is 40.9 Å². The molecule has 1 aliphatic heterocycles. The molecule has 0 atom stereocenters. The van der Waals surface area contributed by atoms with E-state index >= 15 is 0 Å². The third kappa shape index (κ3) is 8.81. The van der Waals surface area contributed by atoms with Crippen LogP contribution in [0.4, 0.5) is 13.2 Å². The predicted octanol–water partition coefficient (Wildman–Crippen LogP) is 3.57. The van der Waals surface area contributed by atoms with Crippen molar-refractivity contribution in [3.63, 3.8) is 0 Å². The van der Waals surface area contributed by atoms with Crippen LogP contribution in [0.2, 0.25) is 0 Å². The number of aliphatic carboxylic acids is 1. The van der Waals surface area contributed by atoms with Gasteiger partial charge in [0.25, 0.3) is 0 Å². The van der Waals surface area contributed by atoms with Gasteiger partial charge < -0.3 is 15.3 Å². The number of piperazine rings is 1. The fraction of sp³-hybridized carbons (Fsp3) is 0.462. The number of benzene rings is 2. The summed E-state index contributed by atoms with van der Waals surface area (Å²) < 4.78 is 60.7. The molecular formula is C26H34F3N3O5S. The monoisotopic (exact) mass is 557 g/mol. The summed E-state index contributed by atoms with van der Waals surface area (Å²) in [6, 6.07) is 11.7. The van der Waals surface area contributed by atoms with Gasteiger partial charge in [0.05, 0.1) is 4.90 Å². The highest BCUT2D eigenvalue weighted by molar-refractivity contribution is 7.89. The number of carboxylic acids is 1. The standard InChI is InChI=1S/C24H33N3O3S.C2HF3O2/c1-18-5-7-22(8-6-18)17-27(12-9-23(28)26-13-10-25-11-14-26)31(29,30)24-20(3)15-19(2)16-21(24)4;3-2(4,5)1(6)7/h5-8,15-16,25H,9-14,17H2,1-4H3;(H,6,7). The molecule has 12 heteroatoms. The minimum absolute atomic E-state index is 0.00274. The van der Waals surface area contributed by atoms with Crippen LogP contribution in [-0.4, -0.2) is 73.5 Å². The number of halogens is 3. The van der Waals surface area contributed by atoms with Gasteiger partial charge >= 0.3 is 12.1 Å². The molecule has 0 aliphatic carbocycles. The number of rotatable bonds is 7. The molecule has 0 bridgehead atoms. The molecule has 2 aromatic rings. The summed E-state index contributed by atoms with van der Waals surface area (Å²) >= 11 is 0. The van der Waals surface area contributed by atoms with Crippen molar-refractivity contribution in [3.8, 4) is 0 Å². The van der Waals surface area contributed by atoms with Crippen molar-refractivity contribution in [2.45, 2.75) is 51.7 Å². The fourth-order valence-electron chi connectivity index (χ4n) is 4.18. The number of alkyl halides is 3. The Morgan fingerprint density at radius 2 is 1.47 bits per heavy atom. The summed E-state index contributed by atoms with van der Waals surface area (Å²) in [5.41, 5.74) is 4.54. The average Bonchev–Trinajstić information content (AvgIpc) is 2.82. The number of amides is 1. The van der Waals surface area contributed by atoms with Crippen molar-refractivity contribution in [3.05, 3.63) is 64.2 Å². The topological polar surface area (TPSA) is 107 Å². The summed E-state index contributed by atoms with van der Waals surface area (Å²) in [6.45, 7) is 10.9. The molecule has 210 valence electrons. The zero-order valence-corrected chi connectivity index (χ0v) is 22.7. The number of carbonyl (C=O) groups excluding carboxylic acids is 1. The summed E-state index contributed by atoms with van der Waals surface area (Å²) in [7, 11) is -3.76. The lowest BCUT2D eigenvalue weighted by molar-refractivity contribution is -0.192. The van der Waals surface area contributed by atoms with E-state index in [1.54, 1.807) is 0 Å². The summed E-state index contributed by atoms with van der Waals surface area (Å²) in [4.78, 5) is 23.8. The van der Waals surface area contributed by atoms with Crippen LogP contribution in [0.25, 0.3) is 0 Å². The molecule has 1 fully saturated rings. The molecule has 0 radical (unpaired) electrons. The van der Waals surface area contributed by atoms with Crippen LogP contribution in [0.1, 0.15) is 34.2 Å². The first-order valence-electron chi connectivity index (χ1n) is 12.0. The maximum atomic E-state index is 13.7. The van der Waals surface area contributed by atoms with Crippen LogP contribution in [-0.2, 0) is 26.2 Å². The number of aryl methyl sites for hydroxylation is 4. The van der Waals surface area contributed by atoms with E-state index in [-0.39, 0.29) is 25.4 Å². The van der Waals surface area contributed by atoms with Crippen LogP contribution >= 0.6 is 0 Å². The van der Waals surface area contributed by atoms with Crippen LogP contribution < -0.4 is 5.32 Å². The van der Waals surface area contributed by atoms with Gasteiger partial charge in [-0.05, 0) is 44.4 Å². The molecule has 8 nitrogen and oxygen atoms in total. The van der Waals surface area contributed by atoms with Gasteiger partial charge in [0.2, 0.25) is 15.9 Å². The van der Waals surface area contributed by atoms with Gasteiger partial charge in [-0.3, -0.25) is 4.79 Å². The number of nitrogens with zero attached hydrogens (tertiary/aromatic N) is 2. The van der Waals surface area contributed by atoms with E-state index < -0.39 is 22.2 Å². The molecule has 2 N–H and O–H groups in total. The number of sulfonamides is 1. The van der Waals surface area contributed by atoms with Crippen molar-refractivity contribution in [1.29, 1.82) is 0 Å². The van der Waals surface area contributed by atoms with Crippen LogP contribution in [0.3, 0.4) is 0 Å². The molecule has 1 saturated heterocycles. The van der Waals surface area contributed by atoms with Crippen LogP contribution in [0, 0.1) is 27.7 Å². The van der Waals surface area contributed by atoms with Gasteiger partial charge in [-0.2, -0.15) is 17.5 Å². The van der Waals surface area contributed by atoms with Gasteiger partial charge in [-0.15, -0.1) is 0 Å². The third-order valence-electron chi connectivity index (χ3n) is 5.97. The molecule has 1 amide bonds. The summed E-state index contributed by atoms with van der Waals surface area (Å²) in [5, 5.41) is 10.4. The number of nitrogens with one attached hydrogen (secondary N) is 1. The fourth-order valence-corrected chi connectivity index (χ4v) is 6.02. The van der Waals surface area contributed by atoms with Gasteiger partial charge in [-0.25, -0.2) is 13.2 Å². The lowest BCUT2D eigenvalue weighted by Gasteiger charge is -2.29. The third-order valence-corrected chi connectivity index (χ3v) is 8.12. The highest BCUT2D eigenvalue weighted by Crippen LogP contribution is 2.27. The van der Waals surface area contributed by atoms with E-state index in [9.17, 15) is 26.4 Å². The van der Waals surface area contributed by atoms with E-state index in [4.69, 9.17) is 9.90 Å². The SMILES string of the molecule is Cc1ccc(CN(CCC(=O)N2CCNCC2)S(=O)(=O)c2c(C)cc(C)cc2C)cc1.O=C(O)C(F)(F)F. The van der Waals surface area contributed by atoms with Crippen LogP contribution in [0.15, 0.2) is 41.3 Å². The molecule has 1 heterocycles. The largest absolute Gasteiger partial charge is 0.490 e. The Morgan fingerprint density at radius 1 is 0.974 bits per heavy atom. The summed E-state index contributed by atoms with van der Waals surface area (Å²) in [6.07, 6.45) is -4.91. The van der Waals surface area contributed by atoms with E-state index in [1.165, 1.54) is 4.31 Å². The first-order chi connectivity index (χ1) is 17.6. The predicted molar refractivity (Wildman–Crippen MR) is 137 cm³/mol. The van der Waals surface area contributed by atoms with Crippen molar-refractivity contribution < 1.29 is 36.3 Å². The Hall–Kier alpha value is -2.96. The normalized spacial score (nSPS) is 14.2. The molecule has 0 unspecified atom stereocenters. The van der Waals surface area contributed by atoms with Gasteiger partial charge in [0, 0.05) is 45.7 Å². The molecule has 0 saturated carbocycles.